The molecule has 6 heteroatoms. The average molecular weight is 313 g/mol. The molecule has 0 aromatic carbocycles. The number of rotatable bonds is 6. The zero-order valence-corrected chi connectivity index (χ0v) is 13.8. The van der Waals surface area contributed by atoms with Crippen molar-refractivity contribution in [3.05, 3.63) is 36.0 Å². The van der Waals surface area contributed by atoms with Gasteiger partial charge >= 0.3 is 11.9 Å². The number of carboxylic acid groups (broad SMARTS) is 2. The average Bonchev–Trinajstić information content (AvgIpc) is 2.47. The number of aliphatic carboxylic acids is 2. The van der Waals surface area contributed by atoms with Crippen LogP contribution in [0.2, 0.25) is 0 Å². The molecule has 0 saturated carbocycles. The normalized spacial score (nSPS) is 10.4. The van der Waals surface area contributed by atoms with Crippen LogP contribution in [0.1, 0.15) is 47.0 Å². The van der Waals surface area contributed by atoms with Crippen molar-refractivity contribution in [2.24, 2.45) is 5.73 Å². The molecule has 0 aliphatic rings. The molecule has 0 saturated heterocycles. The first kappa shape index (κ1) is 24.6. The fraction of sp³-hybridized carbons (Fsp3) is 0.438. The van der Waals surface area contributed by atoms with Crippen molar-refractivity contribution in [2.45, 2.75) is 47.0 Å². The number of carbonyl (C=O) groups is 3. The lowest BCUT2D eigenvalue weighted by atomic mass is 10.2. The van der Waals surface area contributed by atoms with Crippen molar-refractivity contribution >= 4 is 17.8 Å². The van der Waals surface area contributed by atoms with Crippen LogP contribution in [0.5, 0.6) is 0 Å². The Balaban J connectivity index is -0.000000263. The smallest absolute Gasteiger partial charge is 0.330 e. The van der Waals surface area contributed by atoms with Crippen LogP contribution in [0.15, 0.2) is 36.0 Å². The molecule has 6 nitrogen and oxygen atoms in total. The second-order valence-corrected chi connectivity index (χ2v) is 4.22. The van der Waals surface area contributed by atoms with Gasteiger partial charge in [-0.3, -0.25) is 4.79 Å². The Hall–Kier alpha value is -2.37. The van der Waals surface area contributed by atoms with Gasteiger partial charge in [-0.05, 0) is 33.3 Å². The Labute approximate surface area is 132 Å². The largest absolute Gasteiger partial charge is 0.478 e. The maximum absolute atomic E-state index is 10.2. The molecule has 0 aliphatic heterocycles. The van der Waals surface area contributed by atoms with E-state index in [9.17, 15) is 14.4 Å². The van der Waals surface area contributed by atoms with E-state index in [1.54, 1.807) is 32.9 Å². The maximum Gasteiger partial charge on any atom is 0.330 e. The third kappa shape index (κ3) is 22.8. The molecule has 0 aliphatic carbocycles. The van der Waals surface area contributed by atoms with Crippen LogP contribution >= 0.6 is 0 Å². The van der Waals surface area contributed by atoms with Crippen molar-refractivity contribution in [2.75, 3.05) is 0 Å². The molecule has 0 radical (unpaired) electrons. The fourth-order valence-corrected chi connectivity index (χ4v) is 0.733. The van der Waals surface area contributed by atoms with Crippen LogP contribution in [-0.2, 0) is 14.4 Å². The highest BCUT2D eigenvalue weighted by Gasteiger charge is 1.96. The molecule has 0 bridgehead atoms. The van der Waals surface area contributed by atoms with E-state index in [-0.39, 0.29) is 0 Å². The first-order valence-corrected chi connectivity index (χ1v) is 6.82. The van der Waals surface area contributed by atoms with E-state index in [4.69, 9.17) is 10.2 Å². The molecule has 0 unspecified atom stereocenters. The summed E-state index contributed by atoms with van der Waals surface area (Å²) in [6, 6.07) is 0. The summed E-state index contributed by atoms with van der Waals surface area (Å²) in [6.45, 7) is 10.1. The van der Waals surface area contributed by atoms with Gasteiger partial charge in [-0.15, -0.1) is 0 Å². The standard InChI is InChI=1S/C8H14O2.C5H8O2.C3H5NO/c1-3-4-5-6-7(2)8(9)10;1-3-4(2)5(6)7;1-2-3(4)5/h6H,3-5H2,1-2H3,(H,9,10);3H,1-2H3,(H,6,7);2H,1H2,(H2,4,5). The minimum Gasteiger partial charge on any atom is -0.478 e. The monoisotopic (exact) mass is 313 g/mol. The van der Waals surface area contributed by atoms with Gasteiger partial charge in [0.2, 0.25) is 5.91 Å². The summed E-state index contributed by atoms with van der Waals surface area (Å²) >= 11 is 0. The lowest BCUT2D eigenvalue weighted by Crippen LogP contribution is -2.04. The molecule has 0 fully saturated rings. The summed E-state index contributed by atoms with van der Waals surface area (Å²) in [4.78, 5) is 29.6. The summed E-state index contributed by atoms with van der Waals surface area (Å²) in [5.74, 6) is -2.14. The Kier molecular flexibility index (Phi) is 18.7. The number of carboxylic acids is 2. The van der Waals surface area contributed by atoms with E-state index in [0.29, 0.717) is 11.1 Å². The van der Waals surface area contributed by atoms with Crippen molar-refractivity contribution < 1.29 is 24.6 Å². The molecule has 0 heterocycles. The molecule has 0 aromatic rings. The minimum atomic E-state index is -0.845. The first-order chi connectivity index (χ1) is 10.1. The predicted molar refractivity (Wildman–Crippen MR) is 87.4 cm³/mol. The van der Waals surface area contributed by atoms with E-state index in [0.717, 1.165) is 25.3 Å². The van der Waals surface area contributed by atoms with Crippen molar-refractivity contribution in [3.63, 3.8) is 0 Å². The van der Waals surface area contributed by atoms with Crippen LogP contribution in [-0.4, -0.2) is 28.1 Å². The van der Waals surface area contributed by atoms with Gasteiger partial charge in [0.15, 0.2) is 0 Å². The highest BCUT2D eigenvalue weighted by Crippen LogP contribution is 2.00. The predicted octanol–water partition coefficient (Wildman–Crippen LogP) is 2.90. The zero-order valence-electron chi connectivity index (χ0n) is 13.8. The third-order valence-corrected chi connectivity index (χ3v) is 2.32. The number of carbonyl (C=O) groups excluding carboxylic acids is 1. The zero-order chi connectivity index (χ0) is 18.1. The molecular formula is C16H27NO5. The van der Waals surface area contributed by atoms with E-state index in [1.807, 2.05) is 0 Å². The van der Waals surface area contributed by atoms with Crippen molar-refractivity contribution in [3.8, 4) is 0 Å². The number of primary amides is 1. The number of unbranched alkanes of at least 4 members (excludes halogenated alkanes) is 2. The lowest BCUT2D eigenvalue weighted by Gasteiger charge is -1.91. The Morgan fingerprint density at radius 2 is 1.50 bits per heavy atom. The number of nitrogens with two attached hydrogens (primary N) is 1. The second-order valence-electron chi connectivity index (χ2n) is 4.22. The third-order valence-electron chi connectivity index (χ3n) is 2.32. The van der Waals surface area contributed by atoms with Gasteiger partial charge in [-0.2, -0.15) is 0 Å². The molecule has 126 valence electrons. The number of allylic oxidation sites excluding steroid dienone is 2. The Morgan fingerprint density at radius 1 is 1.09 bits per heavy atom. The SMILES string of the molecule is C=CC(N)=O.CC=C(C)C(=O)O.CCCCC=C(C)C(=O)O. The van der Waals surface area contributed by atoms with Gasteiger partial charge in [-0.1, -0.05) is 38.5 Å². The highest BCUT2D eigenvalue weighted by molar-refractivity contribution is 5.86. The van der Waals surface area contributed by atoms with Gasteiger partial charge in [0.25, 0.3) is 0 Å². The van der Waals surface area contributed by atoms with Gasteiger partial charge < -0.3 is 15.9 Å². The maximum atomic E-state index is 10.2. The molecule has 0 atom stereocenters. The molecule has 4 N–H and O–H groups in total. The van der Waals surface area contributed by atoms with Crippen LogP contribution in [0.3, 0.4) is 0 Å². The lowest BCUT2D eigenvalue weighted by molar-refractivity contribution is -0.133. The van der Waals surface area contributed by atoms with Crippen LogP contribution in [0.25, 0.3) is 0 Å². The summed E-state index contributed by atoms with van der Waals surface area (Å²) in [5.41, 5.74) is 5.38. The molecule has 22 heavy (non-hydrogen) atoms. The van der Waals surface area contributed by atoms with E-state index in [1.165, 1.54) is 0 Å². The number of amides is 1. The second kappa shape index (κ2) is 16.7. The van der Waals surface area contributed by atoms with Gasteiger partial charge in [0.1, 0.15) is 0 Å². The summed E-state index contributed by atoms with van der Waals surface area (Å²) in [5, 5.41) is 16.5. The molecule has 0 aromatic heterocycles. The van der Waals surface area contributed by atoms with E-state index >= 15 is 0 Å². The topological polar surface area (TPSA) is 118 Å². The van der Waals surface area contributed by atoms with Crippen LogP contribution < -0.4 is 5.73 Å². The van der Waals surface area contributed by atoms with E-state index in [2.05, 4.69) is 19.2 Å². The molecule has 1 amide bonds. The molecule has 0 spiro atoms. The number of hydrogen-bond acceptors (Lipinski definition) is 3. The van der Waals surface area contributed by atoms with Crippen molar-refractivity contribution in [1.82, 2.24) is 0 Å². The van der Waals surface area contributed by atoms with Crippen molar-refractivity contribution in [1.29, 1.82) is 0 Å². The Bertz CT molecular complexity index is 422. The fourth-order valence-electron chi connectivity index (χ4n) is 0.733. The first-order valence-electron chi connectivity index (χ1n) is 6.82. The minimum absolute atomic E-state index is 0.389. The summed E-state index contributed by atoms with van der Waals surface area (Å²) in [7, 11) is 0. The van der Waals surface area contributed by atoms with Crippen LogP contribution in [0, 0.1) is 0 Å². The summed E-state index contributed by atoms with van der Waals surface area (Å²) < 4.78 is 0. The van der Waals surface area contributed by atoms with E-state index < -0.39 is 17.8 Å². The Morgan fingerprint density at radius 3 is 1.68 bits per heavy atom. The van der Waals surface area contributed by atoms with Gasteiger partial charge in [-0.25, -0.2) is 9.59 Å². The molecular weight excluding hydrogens is 286 g/mol. The van der Waals surface area contributed by atoms with Gasteiger partial charge in [0.05, 0.1) is 0 Å². The van der Waals surface area contributed by atoms with Gasteiger partial charge in [0, 0.05) is 11.1 Å². The summed E-state index contributed by atoms with van der Waals surface area (Å²) in [6.07, 6.45) is 7.46. The number of hydrogen-bond donors (Lipinski definition) is 3. The highest BCUT2D eigenvalue weighted by atomic mass is 16.4. The van der Waals surface area contributed by atoms with Crippen LogP contribution in [0.4, 0.5) is 0 Å². The quantitative estimate of drug-likeness (QED) is 0.514. The molecule has 0 rings (SSSR count).